The van der Waals surface area contributed by atoms with Gasteiger partial charge in [-0.3, -0.25) is 0 Å². The smallest absolute Gasteiger partial charge is 0.129 e. The molecule has 1 fully saturated rings. The molecule has 1 saturated heterocycles. The van der Waals surface area contributed by atoms with Crippen molar-refractivity contribution in [2.24, 2.45) is 0 Å². The maximum Gasteiger partial charge on any atom is 0.129 e. The summed E-state index contributed by atoms with van der Waals surface area (Å²) in [6.07, 6.45) is 1.18. The third-order valence-electron chi connectivity index (χ3n) is 3.39. The lowest BCUT2D eigenvalue weighted by molar-refractivity contribution is 0.416. The Labute approximate surface area is 125 Å². The Morgan fingerprint density at radius 2 is 2.37 bits per heavy atom. The largest absolute Gasteiger partial charge is 0.496 e. The van der Waals surface area contributed by atoms with Crippen molar-refractivity contribution in [1.29, 1.82) is 0 Å². The van der Waals surface area contributed by atoms with Gasteiger partial charge in [-0.1, -0.05) is 15.9 Å². The van der Waals surface area contributed by atoms with Crippen molar-refractivity contribution in [2.45, 2.75) is 12.3 Å². The molecule has 100 valence electrons. The summed E-state index contributed by atoms with van der Waals surface area (Å²) in [5.74, 6) is 1.43. The minimum absolute atomic E-state index is 0.558. The molecule has 19 heavy (non-hydrogen) atoms. The van der Waals surface area contributed by atoms with Crippen molar-refractivity contribution >= 4 is 27.3 Å². The molecule has 0 bridgehead atoms. The Hall–Kier alpha value is -0.910. The van der Waals surface area contributed by atoms with Crippen molar-refractivity contribution in [3.63, 3.8) is 0 Å². The molecular formula is C14H15BrN2OS. The first-order valence-electron chi connectivity index (χ1n) is 6.28. The van der Waals surface area contributed by atoms with Crippen LogP contribution in [0.5, 0.6) is 5.75 Å². The monoisotopic (exact) mass is 338 g/mol. The second-order valence-corrected chi connectivity index (χ2v) is 6.39. The van der Waals surface area contributed by atoms with Crippen molar-refractivity contribution in [1.82, 2.24) is 10.3 Å². The minimum Gasteiger partial charge on any atom is -0.496 e. The van der Waals surface area contributed by atoms with Crippen LogP contribution in [0.1, 0.15) is 18.0 Å². The van der Waals surface area contributed by atoms with Crippen LogP contribution in [0.3, 0.4) is 0 Å². The van der Waals surface area contributed by atoms with Gasteiger partial charge in [-0.05, 0) is 31.2 Å². The standard InChI is InChI=1S/C14H15BrN2OS/c1-18-13-3-2-10(15)6-11(13)14-17-12(8-19-14)9-4-5-16-7-9/h2-3,6,8-9,16H,4-5,7H2,1H3. The third-order valence-corrected chi connectivity index (χ3v) is 4.78. The minimum atomic E-state index is 0.558. The average molecular weight is 339 g/mol. The molecule has 1 unspecified atom stereocenters. The van der Waals surface area contributed by atoms with Gasteiger partial charge in [0.25, 0.3) is 0 Å². The molecule has 0 aliphatic carbocycles. The lowest BCUT2D eigenvalue weighted by Crippen LogP contribution is -2.08. The highest BCUT2D eigenvalue weighted by Gasteiger charge is 2.20. The van der Waals surface area contributed by atoms with Crippen molar-refractivity contribution in [3.05, 3.63) is 33.7 Å². The first-order chi connectivity index (χ1) is 9.28. The van der Waals surface area contributed by atoms with E-state index in [9.17, 15) is 0 Å². The predicted octanol–water partition coefficient (Wildman–Crippen LogP) is 3.66. The predicted molar refractivity (Wildman–Crippen MR) is 82.0 cm³/mol. The molecule has 1 N–H and O–H groups in total. The number of thiazole rings is 1. The van der Waals surface area contributed by atoms with Crippen LogP contribution in [0, 0.1) is 0 Å². The van der Waals surface area contributed by atoms with E-state index in [1.807, 2.05) is 12.1 Å². The second-order valence-electron chi connectivity index (χ2n) is 4.61. The van der Waals surface area contributed by atoms with Crippen LogP contribution in [-0.2, 0) is 0 Å². The number of benzene rings is 1. The average Bonchev–Trinajstić information content (AvgIpc) is 3.09. The Kier molecular flexibility index (Phi) is 3.86. The molecule has 1 atom stereocenters. The molecule has 3 nitrogen and oxygen atoms in total. The molecular weight excluding hydrogens is 324 g/mol. The van der Waals surface area contributed by atoms with Crippen molar-refractivity contribution < 1.29 is 4.74 Å². The summed E-state index contributed by atoms with van der Waals surface area (Å²) in [4.78, 5) is 4.79. The Morgan fingerprint density at radius 1 is 1.47 bits per heavy atom. The zero-order chi connectivity index (χ0) is 13.2. The normalized spacial score (nSPS) is 18.7. The van der Waals surface area contributed by atoms with E-state index in [1.54, 1.807) is 18.4 Å². The molecule has 0 spiro atoms. The van der Waals surface area contributed by atoms with Crippen LogP contribution < -0.4 is 10.1 Å². The summed E-state index contributed by atoms with van der Waals surface area (Å²) in [5, 5.41) is 6.59. The molecule has 5 heteroatoms. The van der Waals surface area contributed by atoms with Crippen LogP contribution >= 0.6 is 27.3 Å². The molecule has 2 aromatic rings. The summed E-state index contributed by atoms with van der Waals surface area (Å²) in [6, 6.07) is 6.02. The summed E-state index contributed by atoms with van der Waals surface area (Å²) in [5.41, 5.74) is 2.26. The summed E-state index contributed by atoms with van der Waals surface area (Å²) >= 11 is 5.20. The van der Waals surface area contributed by atoms with Gasteiger partial charge in [-0.25, -0.2) is 4.98 Å². The number of halogens is 1. The summed E-state index contributed by atoms with van der Waals surface area (Å²) < 4.78 is 6.47. The maximum absolute atomic E-state index is 5.42. The fourth-order valence-corrected chi connectivity index (χ4v) is 3.64. The number of nitrogens with zero attached hydrogens (tertiary/aromatic N) is 1. The molecule has 0 radical (unpaired) electrons. The summed E-state index contributed by atoms with van der Waals surface area (Å²) in [7, 11) is 1.70. The SMILES string of the molecule is COc1ccc(Br)cc1-c1nc(C2CCNC2)cs1. The number of aromatic nitrogens is 1. The Morgan fingerprint density at radius 3 is 3.11 bits per heavy atom. The van der Waals surface area contributed by atoms with Gasteiger partial charge in [0.05, 0.1) is 18.4 Å². The van der Waals surface area contributed by atoms with Gasteiger partial charge in [-0.2, -0.15) is 0 Å². The third kappa shape index (κ3) is 2.68. The number of hydrogen-bond donors (Lipinski definition) is 1. The van der Waals surface area contributed by atoms with Crippen LogP contribution in [0.2, 0.25) is 0 Å². The number of methoxy groups -OCH3 is 1. The highest BCUT2D eigenvalue weighted by atomic mass is 79.9. The zero-order valence-corrected chi connectivity index (χ0v) is 13.1. The first-order valence-corrected chi connectivity index (χ1v) is 7.95. The van der Waals surface area contributed by atoms with E-state index in [1.165, 1.54) is 12.1 Å². The topological polar surface area (TPSA) is 34.1 Å². The van der Waals surface area contributed by atoms with E-state index < -0.39 is 0 Å². The number of ether oxygens (including phenoxy) is 1. The lowest BCUT2D eigenvalue weighted by atomic mass is 10.1. The van der Waals surface area contributed by atoms with Gasteiger partial charge in [0.1, 0.15) is 10.8 Å². The van der Waals surface area contributed by atoms with Crippen LogP contribution in [0.25, 0.3) is 10.6 Å². The first kappa shape index (κ1) is 13.1. The van der Waals surface area contributed by atoms with Crippen molar-refractivity contribution in [2.75, 3.05) is 20.2 Å². The van der Waals surface area contributed by atoms with E-state index >= 15 is 0 Å². The van der Waals surface area contributed by atoms with Gasteiger partial charge in [-0.15, -0.1) is 11.3 Å². The zero-order valence-electron chi connectivity index (χ0n) is 10.6. The lowest BCUT2D eigenvalue weighted by Gasteiger charge is -2.07. The molecule has 1 aromatic carbocycles. The molecule has 1 aromatic heterocycles. The fraction of sp³-hybridized carbons (Fsp3) is 0.357. The molecule has 0 amide bonds. The van der Waals surface area contributed by atoms with Gasteiger partial charge < -0.3 is 10.1 Å². The van der Waals surface area contributed by atoms with E-state index in [4.69, 9.17) is 9.72 Å². The van der Waals surface area contributed by atoms with Gasteiger partial charge in [0.15, 0.2) is 0 Å². The van der Waals surface area contributed by atoms with Crippen molar-refractivity contribution in [3.8, 4) is 16.3 Å². The Balaban J connectivity index is 1.95. The quantitative estimate of drug-likeness (QED) is 0.927. The van der Waals surface area contributed by atoms with Gasteiger partial charge in [0, 0.05) is 22.3 Å². The van der Waals surface area contributed by atoms with E-state index in [0.29, 0.717) is 5.92 Å². The van der Waals surface area contributed by atoms with E-state index in [-0.39, 0.29) is 0 Å². The van der Waals surface area contributed by atoms with Crippen LogP contribution in [0.15, 0.2) is 28.1 Å². The van der Waals surface area contributed by atoms with E-state index in [0.717, 1.165) is 33.9 Å². The van der Waals surface area contributed by atoms with E-state index in [2.05, 4.69) is 32.7 Å². The highest BCUT2D eigenvalue weighted by molar-refractivity contribution is 9.10. The summed E-state index contributed by atoms with van der Waals surface area (Å²) in [6.45, 7) is 2.14. The van der Waals surface area contributed by atoms with Crippen LogP contribution in [-0.4, -0.2) is 25.2 Å². The van der Waals surface area contributed by atoms with Crippen LogP contribution in [0.4, 0.5) is 0 Å². The van der Waals surface area contributed by atoms with Gasteiger partial charge in [0.2, 0.25) is 0 Å². The molecule has 1 aliphatic heterocycles. The maximum atomic E-state index is 5.42. The molecule has 3 rings (SSSR count). The second kappa shape index (κ2) is 5.61. The number of nitrogens with one attached hydrogen (secondary N) is 1. The highest BCUT2D eigenvalue weighted by Crippen LogP contribution is 2.36. The molecule has 0 saturated carbocycles. The number of rotatable bonds is 3. The fourth-order valence-electron chi connectivity index (χ4n) is 2.35. The molecule has 2 heterocycles. The molecule has 1 aliphatic rings. The van der Waals surface area contributed by atoms with Gasteiger partial charge >= 0.3 is 0 Å². The number of hydrogen-bond acceptors (Lipinski definition) is 4. The Bertz CT molecular complexity index is 579.